The highest BCUT2D eigenvalue weighted by atomic mass is 32.1. The second-order valence-corrected chi connectivity index (χ2v) is 7.65. The van der Waals surface area contributed by atoms with Crippen LogP contribution in [0.25, 0.3) is 0 Å². The fourth-order valence-corrected chi connectivity index (χ4v) is 3.73. The molecule has 0 atom stereocenters. The lowest BCUT2D eigenvalue weighted by atomic mass is 10.1. The lowest BCUT2D eigenvalue weighted by Gasteiger charge is -2.22. The number of nitro groups is 1. The summed E-state index contributed by atoms with van der Waals surface area (Å²) < 4.78 is 0. The number of hydrogen-bond donors (Lipinski definition) is 0. The Morgan fingerprint density at radius 2 is 1.74 bits per heavy atom. The summed E-state index contributed by atoms with van der Waals surface area (Å²) in [5, 5.41) is 10.8. The van der Waals surface area contributed by atoms with Gasteiger partial charge in [-0.2, -0.15) is 0 Å². The topological polar surface area (TPSA) is 63.5 Å². The number of non-ortho nitro benzene ring substituents is 1. The first-order valence-electron chi connectivity index (χ1n) is 8.66. The monoisotopic (exact) mass is 380 g/mol. The van der Waals surface area contributed by atoms with Crippen molar-refractivity contribution in [3.63, 3.8) is 0 Å². The SMILES string of the molecule is Cc1ccc(CN(CCc2ccccc2)C(=O)c2ccc([N+](=O)[O-])cc2)s1. The van der Waals surface area contributed by atoms with Gasteiger partial charge in [0.05, 0.1) is 11.5 Å². The molecule has 1 amide bonds. The Bertz CT molecular complexity index is 920. The lowest BCUT2D eigenvalue weighted by molar-refractivity contribution is -0.384. The van der Waals surface area contributed by atoms with Gasteiger partial charge in [0.15, 0.2) is 0 Å². The fraction of sp³-hybridized carbons (Fsp3) is 0.190. The summed E-state index contributed by atoms with van der Waals surface area (Å²) in [6.45, 7) is 3.15. The van der Waals surface area contributed by atoms with Gasteiger partial charge in [0, 0.05) is 34.0 Å². The molecule has 0 N–H and O–H groups in total. The lowest BCUT2D eigenvalue weighted by Crippen LogP contribution is -2.32. The van der Waals surface area contributed by atoms with Crippen LogP contribution in [-0.4, -0.2) is 22.3 Å². The standard InChI is InChI=1S/C21H20N2O3S/c1-16-7-12-20(27-16)15-22(14-13-17-5-3-2-4-6-17)21(24)18-8-10-19(11-9-18)23(25)26/h2-12H,13-15H2,1H3. The molecule has 0 aliphatic heterocycles. The van der Waals surface area contributed by atoms with Gasteiger partial charge in [0.1, 0.15) is 0 Å². The first-order chi connectivity index (χ1) is 13.0. The largest absolute Gasteiger partial charge is 0.333 e. The van der Waals surface area contributed by atoms with Crippen LogP contribution in [0.3, 0.4) is 0 Å². The molecule has 138 valence electrons. The van der Waals surface area contributed by atoms with Gasteiger partial charge >= 0.3 is 0 Å². The van der Waals surface area contributed by atoms with Crippen LogP contribution in [0.4, 0.5) is 5.69 Å². The molecular formula is C21H20N2O3S. The van der Waals surface area contributed by atoms with E-state index in [-0.39, 0.29) is 11.6 Å². The van der Waals surface area contributed by atoms with E-state index in [1.54, 1.807) is 16.2 Å². The molecule has 5 nitrogen and oxygen atoms in total. The Labute approximate surface area is 162 Å². The van der Waals surface area contributed by atoms with E-state index < -0.39 is 4.92 Å². The normalized spacial score (nSPS) is 10.6. The quantitative estimate of drug-likeness (QED) is 0.435. The Hall–Kier alpha value is -2.99. The van der Waals surface area contributed by atoms with Crippen molar-refractivity contribution >= 4 is 22.9 Å². The molecule has 0 aliphatic rings. The van der Waals surface area contributed by atoms with Crippen molar-refractivity contribution in [2.75, 3.05) is 6.54 Å². The molecular weight excluding hydrogens is 360 g/mol. The van der Waals surface area contributed by atoms with Crippen molar-refractivity contribution in [1.82, 2.24) is 4.90 Å². The first-order valence-corrected chi connectivity index (χ1v) is 9.47. The van der Waals surface area contributed by atoms with Gasteiger partial charge in [-0.05, 0) is 43.2 Å². The van der Waals surface area contributed by atoms with Gasteiger partial charge in [0.25, 0.3) is 11.6 Å². The smallest absolute Gasteiger partial charge is 0.269 e. The van der Waals surface area contributed by atoms with Crippen LogP contribution >= 0.6 is 11.3 Å². The third kappa shape index (κ3) is 5.01. The van der Waals surface area contributed by atoms with E-state index in [1.807, 2.05) is 49.4 Å². The Kier molecular flexibility index (Phi) is 5.98. The highest BCUT2D eigenvalue weighted by Crippen LogP contribution is 2.20. The zero-order valence-electron chi connectivity index (χ0n) is 15.0. The Balaban J connectivity index is 1.78. The maximum Gasteiger partial charge on any atom is 0.269 e. The molecule has 0 saturated carbocycles. The minimum atomic E-state index is -0.462. The number of rotatable bonds is 7. The number of benzene rings is 2. The van der Waals surface area contributed by atoms with Crippen LogP contribution in [0.5, 0.6) is 0 Å². The van der Waals surface area contributed by atoms with E-state index in [1.165, 1.54) is 34.7 Å². The minimum absolute atomic E-state index is 0.0173. The van der Waals surface area contributed by atoms with Crippen LogP contribution < -0.4 is 0 Å². The molecule has 0 spiro atoms. The molecule has 1 aromatic heterocycles. The highest BCUT2D eigenvalue weighted by Gasteiger charge is 2.18. The average molecular weight is 380 g/mol. The number of carbonyl (C=O) groups excluding carboxylic acids is 1. The summed E-state index contributed by atoms with van der Waals surface area (Å²) in [4.78, 5) is 27.5. The molecule has 0 bridgehead atoms. The van der Waals surface area contributed by atoms with Gasteiger partial charge in [-0.3, -0.25) is 14.9 Å². The maximum absolute atomic E-state index is 13.0. The van der Waals surface area contributed by atoms with Crippen LogP contribution in [0, 0.1) is 17.0 Å². The molecule has 0 radical (unpaired) electrons. The second kappa shape index (κ2) is 8.60. The zero-order chi connectivity index (χ0) is 19.2. The van der Waals surface area contributed by atoms with Gasteiger partial charge in [-0.25, -0.2) is 0 Å². The van der Waals surface area contributed by atoms with E-state index in [0.717, 1.165) is 11.3 Å². The molecule has 0 unspecified atom stereocenters. The van der Waals surface area contributed by atoms with Crippen molar-refractivity contribution in [3.8, 4) is 0 Å². The van der Waals surface area contributed by atoms with E-state index in [4.69, 9.17) is 0 Å². The Morgan fingerprint density at radius 3 is 2.33 bits per heavy atom. The molecule has 3 rings (SSSR count). The second-order valence-electron chi connectivity index (χ2n) is 6.28. The maximum atomic E-state index is 13.0. The number of hydrogen-bond acceptors (Lipinski definition) is 4. The van der Waals surface area contributed by atoms with Gasteiger partial charge in [-0.1, -0.05) is 30.3 Å². The van der Waals surface area contributed by atoms with Crippen LogP contribution in [0.15, 0.2) is 66.7 Å². The van der Waals surface area contributed by atoms with Gasteiger partial charge < -0.3 is 4.90 Å². The molecule has 27 heavy (non-hydrogen) atoms. The minimum Gasteiger partial charge on any atom is -0.333 e. The number of carbonyl (C=O) groups is 1. The number of amides is 1. The van der Waals surface area contributed by atoms with Crippen molar-refractivity contribution in [3.05, 3.63) is 97.7 Å². The molecule has 1 heterocycles. The first kappa shape index (κ1) is 18.8. The number of thiophene rings is 1. The number of nitro benzene ring substituents is 1. The predicted molar refractivity (Wildman–Crippen MR) is 107 cm³/mol. The Morgan fingerprint density at radius 1 is 1.04 bits per heavy atom. The fourth-order valence-electron chi connectivity index (χ4n) is 2.83. The van der Waals surface area contributed by atoms with E-state index >= 15 is 0 Å². The summed E-state index contributed by atoms with van der Waals surface area (Å²) in [6.07, 6.45) is 0.754. The molecule has 2 aromatic carbocycles. The predicted octanol–water partition coefficient (Wildman–Crippen LogP) is 4.85. The van der Waals surface area contributed by atoms with E-state index in [0.29, 0.717) is 18.7 Å². The highest BCUT2D eigenvalue weighted by molar-refractivity contribution is 7.11. The summed E-state index contributed by atoms with van der Waals surface area (Å²) in [5.74, 6) is -0.119. The molecule has 0 aliphatic carbocycles. The summed E-state index contributed by atoms with van der Waals surface area (Å²) in [5.41, 5.74) is 1.61. The van der Waals surface area contributed by atoms with Crippen LogP contribution in [0.1, 0.15) is 25.7 Å². The molecule has 3 aromatic rings. The van der Waals surface area contributed by atoms with Crippen molar-refractivity contribution < 1.29 is 9.72 Å². The molecule has 6 heteroatoms. The van der Waals surface area contributed by atoms with Crippen LogP contribution in [-0.2, 0) is 13.0 Å². The van der Waals surface area contributed by atoms with Crippen molar-refractivity contribution in [1.29, 1.82) is 0 Å². The molecule has 0 saturated heterocycles. The third-order valence-corrected chi connectivity index (χ3v) is 5.25. The summed E-state index contributed by atoms with van der Waals surface area (Å²) in [7, 11) is 0. The van der Waals surface area contributed by atoms with Crippen molar-refractivity contribution in [2.24, 2.45) is 0 Å². The van der Waals surface area contributed by atoms with E-state index in [9.17, 15) is 14.9 Å². The average Bonchev–Trinajstić information content (AvgIpc) is 3.10. The zero-order valence-corrected chi connectivity index (χ0v) is 15.8. The summed E-state index contributed by atoms with van der Waals surface area (Å²) >= 11 is 1.67. The van der Waals surface area contributed by atoms with Crippen LogP contribution in [0.2, 0.25) is 0 Å². The van der Waals surface area contributed by atoms with E-state index in [2.05, 4.69) is 0 Å². The molecule has 0 fully saturated rings. The van der Waals surface area contributed by atoms with Crippen molar-refractivity contribution in [2.45, 2.75) is 19.9 Å². The third-order valence-electron chi connectivity index (χ3n) is 4.27. The number of nitrogens with zero attached hydrogens (tertiary/aromatic N) is 2. The number of aryl methyl sites for hydroxylation is 1. The van der Waals surface area contributed by atoms with Gasteiger partial charge in [-0.15, -0.1) is 11.3 Å². The van der Waals surface area contributed by atoms with Gasteiger partial charge in [0.2, 0.25) is 0 Å². The summed E-state index contributed by atoms with van der Waals surface area (Å²) in [6, 6.07) is 19.9.